The van der Waals surface area contributed by atoms with E-state index in [4.69, 9.17) is 34.7 Å². The molecule has 7 nitrogen and oxygen atoms in total. The Bertz CT molecular complexity index is 1110. The van der Waals surface area contributed by atoms with E-state index in [1.54, 1.807) is 0 Å². The van der Waals surface area contributed by atoms with Crippen molar-refractivity contribution < 1.29 is 21.6 Å². The maximum Gasteiger partial charge on any atom is 0.417 e. The Labute approximate surface area is 173 Å². The van der Waals surface area contributed by atoms with E-state index in [1.165, 1.54) is 18.2 Å². The van der Waals surface area contributed by atoms with Gasteiger partial charge in [0, 0.05) is 17.4 Å². The van der Waals surface area contributed by atoms with Gasteiger partial charge >= 0.3 is 6.18 Å². The summed E-state index contributed by atoms with van der Waals surface area (Å²) in [6.07, 6.45) is -4.21. The highest BCUT2D eigenvalue weighted by molar-refractivity contribution is 7.90. The van der Waals surface area contributed by atoms with Crippen LogP contribution in [0.15, 0.2) is 40.2 Å². The molecule has 0 spiro atoms. The molecule has 156 valence electrons. The third-order valence-electron chi connectivity index (χ3n) is 4.13. The molecule has 1 atom stereocenters. The van der Waals surface area contributed by atoms with Crippen molar-refractivity contribution >= 4 is 39.0 Å². The second-order valence-corrected chi connectivity index (χ2v) is 9.11. The third-order valence-corrected chi connectivity index (χ3v) is 5.88. The van der Waals surface area contributed by atoms with Gasteiger partial charge in [0.05, 0.1) is 20.5 Å². The highest BCUT2D eigenvalue weighted by Crippen LogP contribution is 2.42. The average Bonchev–Trinajstić information content (AvgIpc) is 2.93. The topological polar surface area (TPSA) is 123 Å². The summed E-state index contributed by atoms with van der Waals surface area (Å²) >= 11 is 12.5. The molecule has 1 unspecified atom stereocenters. The second kappa shape index (κ2) is 7.03. The van der Waals surface area contributed by atoms with Gasteiger partial charge < -0.3 is 5.73 Å². The van der Waals surface area contributed by atoms with Gasteiger partial charge in [0.2, 0.25) is 11.7 Å². The fraction of sp³-hybridized carbons (Fsp3) is 0.188. The molecule has 0 radical (unpaired) electrons. The van der Waals surface area contributed by atoms with Crippen molar-refractivity contribution in [2.45, 2.75) is 16.9 Å². The van der Waals surface area contributed by atoms with Crippen molar-refractivity contribution in [2.24, 2.45) is 16.5 Å². The minimum absolute atomic E-state index is 0.0139. The van der Waals surface area contributed by atoms with E-state index in [-0.39, 0.29) is 27.1 Å². The van der Waals surface area contributed by atoms with E-state index in [9.17, 15) is 21.6 Å². The molecule has 0 saturated heterocycles. The van der Waals surface area contributed by atoms with Gasteiger partial charge in [0.15, 0.2) is 9.84 Å². The Kier molecular flexibility index (Phi) is 5.25. The number of hydrogen-bond acceptors (Lipinski definition) is 7. The molecule has 3 rings (SSSR count). The molecule has 1 aliphatic rings. The molecule has 0 aliphatic carbocycles. The lowest BCUT2D eigenvalue weighted by atomic mass is 9.99. The number of hydrazine groups is 1. The van der Waals surface area contributed by atoms with Crippen LogP contribution in [0.3, 0.4) is 0 Å². The molecule has 1 heterocycles. The summed E-state index contributed by atoms with van der Waals surface area (Å²) in [6, 6.07) is 5.50. The molecule has 0 amide bonds. The van der Waals surface area contributed by atoms with Crippen LogP contribution in [0.2, 0.25) is 10.0 Å². The number of alkyl halides is 3. The van der Waals surface area contributed by atoms with Crippen molar-refractivity contribution in [3.05, 3.63) is 51.5 Å². The normalized spacial score (nSPS) is 19.8. The van der Waals surface area contributed by atoms with E-state index in [0.29, 0.717) is 17.9 Å². The van der Waals surface area contributed by atoms with Gasteiger partial charge in [0.1, 0.15) is 0 Å². The first-order valence-corrected chi connectivity index (χ1v) is 10.5. The summed E-state index contributed by atoms with van der Waals surface area (Å²) in [7, 11) is -4.11. The number of nitrogens with one attached hydrogen (secondary N) is 2. The number of guanidine groups is 1. The molecule has 2 aromatic rings. The summed E-state index contributed by atoms with van der Waals surface area (Å²) in [4.78, 5) is 3.13. The monoisotopic (exact) mass is 467 g/mol. The van der Waals surface area contributed by atoms with Crippen LogP contribution < -0.4 is 22.3 Å². The predicted octanol–water partition coefficient (Wildman–Crippen LogP) is 2.57. The summed E-state index contributed by atoms with van der Waals surface area (Å²) in [5.41, 5.74) is 15.8. The van der Waals surface area contributed by atoms with Gasteiger partial charge in [0.25, 0.3) is 0 Å². The fourth-order valence-corrected chi connectivity index (χ4v) is 4.44. The van der Waals surface area contributed by atoms with Crippen LogP contribution in [-0.4, -0.2) is 20.6 Å². The summed E-state index contributed by atoms with van der Waals surface area (Å²) in [5.74, 6) is -1.46. The quantitative estimate of drug-likeness (QED) is 0.550. The largest absolute Gasteiger partial charge is 0.417 e. The van der Waals surface area contributed by atoms with Crippen LogP contribution in [0.4, 0.5) is 13.2 Å². The van der Waals surface area contributed by atoms with Crippen molar-refractivity contribution in [2.75, 3.05) is 6.26 Å². The zero-order valence-electron chi connectivity index (χ0n) is 14.6. The van der Waals surface area contributed by atoms with E-state index >= 15 is 0 Å². The van der Waals surface area contributed by atoms with Crippen LogP contribution in [0.25, 0.3) is 11.1 Å². The van der Waals surface area contributed by atoms with Crippen LogP contribution in [0.5, 0.6) is 0 Å². The smallest absolute Gasteiger partial charge is 0.369 e. The van der Waals surface area contributed by atoms with Crippen molar-refractivity contribution in [3.8, 4) is 11.1 Å². The lowest BCUT2D eigenvalue weighted by Gasteiger charge is -2.22. The summed E-state index contributed by atoms with van der Waals surface area (Å²) in [6.45, 7) is 0. The lowest BCUT2D eigenvalue weighted by Crippen LogP contribution is -2.50. The van der Waals surface area contributed by atoms with Gasteiger partial charge in [-0.15, -0.1) is 0 Å². The van der Waals surface area contributed by atoms with Crippen molar-refractivity contribution in [1.82, 2.24) is 10.9 Å². The number of sulfone groups is 1. The number of benzene rings is 2. The second-order valence-electron chi connectivity index (χ2n) is 6.31. The maximum absolute atomic E-state index is 13.4. The van der Waals surface area contributed by atoms with E-state index in [2.05, 4.69) is 15.8 Å². The Morgan fingerprint density at radius 1 is 1.14 bits per heavy atom. The maximum atomic E-state index is 13.4. The summed E-state index contributed by atoms with van der Waals surface area (Å²) < 4.78 is 63.8. The van der Waals surface area contributed by atoms with Gasteiger partial charge in [-0.25, -0.2) is 13.4 Å². The molecule has 6 N–H and O–H groups in total. The Morgan fingerprint density at radius 3 is 2.17 bits per heavy atom. The number of aliphatic imine (C=N–C) groups is 1. The standard InChI is InChI=1S/C16H14Cl2F3N5O2S/c1-29(27,28)12-3-2-7(4-9(12)15(19,20)21)13-10(17)5-8(6-11(13)18)16(23)24-14(22)25-26-16/h2-6,26H,23H2,1H3,(H3,22,24,25). The predicted molar refractivity (Wildman–Crippen MR) is 104 cm³/mol. The number of halogens is 5. The molecule has 0 fully saturated rings. The first-order chi connectivity index (χ1) is 13.2. The number of hydrogen-bond donors (Lipinski definition) is 4. The molecule has 1 aliphatic heterocycles. The molecule has 0 aromatic heterocycles. The van der Waals surface area contributed by atoms with Crippen LogP contribution in [-0.2, 0) is 21.8 Å². The van der Waals surface area contributed by atoms with Gasteiger partial charge in [-0.1, -0.05) is 29.3 Å². The fourth-order valence-electron chi connectivity index (χ4n) is 2.84. The van der Waals surface area contributed by atoms with Crippen molar-refractivity contribution in [3.63, 3.8) is 0 Å². The summed E-state index contributed by atoms with van der Waals surface area (Å²) in [5, 5.41) is -0.0277. The third kappa shape index (κ3) is 4.14. The highest BCUT2D eigenvalue weighted by Gasteiger charge is 2.37. The molecule has 0 bridgehead atoms. The number of nitrogens with zero attached hydrogens (tertiary/aromatic N) is 1. The van der Waals surface area contributed by atoms with Crippen molar-refractivity contribution in [1.29, 1.82) is 0 Å². The molecule has 29 heavy (non-hydrogen) atoms. The zero-order valence-corrected chi connectivity index (χ0v) is 16.9. The van der Waals surface area contributed by atoms with Crippen LogP contribution in [0, 0.1) is 0 Å². The molecule has 0 saturated carbocycles. The number of nitrogens with two attached hydrogens (primary N) is 2. The van der Waals surface area contributed by atoms with E-state index in [0.717, 1.165) is 6.07 Å². The first kappa shape index (κ1) is 21.7. The minimum atomic E-state index is -4.90. The highest BCUT2D eigenvalue weighted by atomic mass is 35.5. The van der Waals surface area contributed by atoms with Gasteiger partial charge in [-0.2, -0.15) is 18.6 Å². The number of rotatable bonds is 3. The van der Waals surface area contributed by atoms with Crippen LogP contribution in [0.1, 0.15) is 11.1 Å². The van der Waals surface area contributed by atoms with E-state index < -0.39 is 32.3 Å². The molecule has 2 aromatic carbocycles. The first-order valence-electron chi connectivity index (χ1n) is 7.81. The molecular weight excluding hydrogens is 454 g/mol. The Hall–Kier alpha value is -2.05. The Morgan fingerprint density at radius 2 is 1.72 bits per heavy atom. The SMILES string of the molecule is CS(=O)(=O)c1ccc(-c2c(Cl)cc(C3(N)N=C(N)NN3)cc2Cl)cc1C(F)(F)F. The van der Waals surface area contributed by atoms with Gasteiger partial charge in [-0.05, 0) is 29.8 Å². The molecule has 13 heteroatoms. The minimum Gasteiger partial charge on any atom is -0.369 e. The lowest BCUT2D eigenvalue weighted by molar-refractivity contribution is -0.139. The van der Waals surface area contributed by atoms with Gasteiger partial charge in [-0.3, -0.25) is 11.2 Å². The van der Waals surface area contributed by atoms with Crippen LogP contribution >= 0.6 is 23.2 Å². The average molecular weight is 468 g/mol. The Balaban J connectivity index is 2.17. The van der Waals surface area contributed by atoms with E-state index in [1.807, 2.05) is 0 Å². The zero-order chi connectivity index (χ0) is 21.8. The molecular formula is C16H14Cl2F3N5O2S.